The molecule has 24 heavy (non-hydrogen) atoms. The predicted octanol–water partition coefficient (Wildman–Crippen LogP) is 4.21. The summed E-state index contributed by atoms with van der Waals surface area (Å²) in [4.78, 5) is 18.7. The number of hydrogen-bond donors (Lipinski definition) is 0. The Morgan fingerprint density at radius 3 is 2.62 bits per heavy atom. The Kier molecular flexibility index (Phi) is 3.62. The third-order valence-corrected chi connectivity index (χ3v) is 4.47. The van der Waals surface area contributed by atoms with Gasteiger partial charge >= 0.3 is 0 Å². The average molecular weight is 314 g/mol. The van der Waals surface area contributed by atoms with Crippen LogP contribution in [0.25, 0.3) is 11.1 Å². The number of amides is 1. The maximum Gasteiger partial charge on any atom is 0.254 e. The van der Waals surface area contributed by atoms with Crippen LogP contribution >= 0.6 is 0 Å². The molecule has 0 radical (unpaired) electrons. The first kappa shape index (κ1) is 14.6. The standard InChI is InChI=1S/C21H18N2O/c1-15-4-6-16(7-5-15)13-23-14-19-11-17(8-9-20(19)21(23)24)18-3-2-10-22-12-18/h2-12H,13-14H2,1H3. The lowest BCUT2D eigenvalue weighted by atomic mass is 10.0. The number of rotatable bonds is 3. The Balaban J connectivity index is 1.59. The Morgan fingerprint density at radius 2 is 1.88 bits per heavy atom. The molecule has 0 spiro atoms. The molecule has 1 aliphatic heterocycles. The van der Waals surface area contributed by atoms with Gasteiger partial charge in [0.05, 0.1) is 0 Å². The van der Waals surface area contributed by atoms with Crippen LogP contribution in [-0.4, -0.2) is 15.8 Å². The van der Waals surface area contributed by atoms with E-state index < -0.39 is 0 Å². The molecule has 118 valence electrons. The van der Waals surface area contributed by atoms with E-state index in [-0.39, 0.29) is 5.91 Å². The van der Waals surface area contributed by atoms with Crippen molar-refractivity contribution < 1.29 is 4.79 Å². The summed E-state index contributed by atoms with van der Waals surface area (Å²) < 4.78 is 0. The molecule has 3 nitrogen and oxygen atoms in total. The van der Waals surface area contributed by atoms with E-state index >= 15 is 0 Å². The van der Waals surface area contributed by atoms with Crippen LogP contribution in [0.15, 0.2) is 67.0 Å². The van der Waals surface area contributed by atoms with Crippen molar-refractivity contribution in [2.45, 2.75) is 20.0 Å². The van der Waals surface area contributed by atoms with E-state index in [0.29, 0.717) is 13.1 Å². The van der Waals surface area contributed by atoms with Gasteiger partial charge in [0.1, 0.15) is 0 Å². The van der Waals surface area contributed by atoms with Crippen molar-refractivity contribution >= 4 is 5.91 Å². The first-order chi connectivity index (χ1) is 11.7. The minimum absolute atomic E-state index is 0.114. The highest BCUT2D eigenvalue weighted by molar-refractivity contribution is 5.99. The lowest BCUT2D eigenvalue weighted by Gasteiger charge is -2.15. The molecular weight excluding hydrogens is 296 g/mol. The molecule has 3 heteroatoms. The van der Waals surface area contributed by atoms with E-state index in [2.05, 4.69) is 42.2 Å². The van der Waals surface area contributed by atoms with E-state index in [1.54, 1.807) is 6.20 Å². The highest BCUT2D eigenvalue weighted by Crippen LogP contribution is 2.29. The second-order valence-electron chi connectivity index (χ2n) is 6.26. The summed E-state index contributed by atoms with van der Waals surface area (Å²) in [5.74, 6) is 0.114. The van der Waals surface area contributed by atoms with Gasteiger partial charge in [-0.05, 0) is 47.4 Å². The number of benzene rings is 2. The average Bonchev–Trinajstić information content (AvgIpc) is 2.93. The molecular formula is C21H18N2O. The Labute approximate surface area is 141 Å². The largest absolute Gasteiger partial charge is 0.330 e. The van der Waals surface area contributed by atoms with E-state index in [1.807, 2.05) is 35.4 Å². The topological polar surface area (TPSA) is 33.2 Å². The van der Waals surface area contributed by atoms with Crippen LogP contribution in [0.3, 0.4) is 0 Å². The van der Waals surface area contributed by atoms with Gasteiger partial charge in [-0.3, -0.25) is 9.78 Å². The number of nitrogens with zero attached hydrogens (tertiary/aromatic N) is 2. The third-order valence-electron chi connectivity index (χ3n) is 4.47. The quantitative estimate of drug-likeness (QED) is 0.725. The van der Waals surface area contributed by atoms with Crippen LogP contribution in [0.5, 0.6) is 0 Å². The summed E-state index contributed by atoms with van der Waals surface area (Å²) in [5.41, 5.74) is 6.48. The maximum absolute atomic E-state index is 12.6. The fourth-order valence-electron chi connectivity index (χ4n) is 3.14. The maximum atomic E-state index is 12.6. The minimum Gasteiger partial charge on any atom is -0.330 e. The number of pyridine rings is 1. The summed E-state index contributed by atoms with van der Waals surface area (Å²) in [6.45, 7) is 3.38. The molecule has 1 aromatic heterocycles. The van der Waals surface area contributed by atoms with Gasteiger partial charge in [0.25, 0.3) is 5.91 Å². The Morgan fingerprint density at radius 1 is 1.04 bits per heavy atom. The van der Waals surface area contributed by atoms with Gasteiger partial charge in [-0.25, -0.2) is 0 Å². The first-order valence-corrected chi connectivity index (χ1v) is 8.09. The highest BCUT2D eigenvalue weighted by atomic mass is 16.2. The molecule has 0 bridgehead atoms. The van der Waals surface area contributed by atoms with Crippen molar-refractivity contribution in [2.24, 2.45) is 0 Å². The second kappa shape index (κ2) is 5.93. The van der Waals surface area contributed by atoms with Gasteiger partial charge in [-0.15, -0.1) is 0 Å². The lowest BCUT2D eigenvalue weighted by Crippen LogP contribution is -2.23. The van der Waals surface area contributed by atoms with Crippen LogP contribution in [0.2, 0.25) is 0 Å². The molecule has 0 N–H and O–H groups in total. The van der Waals surface area contributed by atoms with Crippen molar-refractivity contribution in [1.82, 2.24) is 9.88 Å². The predicted molar refractivity (Wildman–Crippen MR) is 94.4 cm³/mol. The van der Waals surface area contributed by atoms with Gasteiger partial charge < -0.3 is 4.90 Å². The Hall–Kier alpha value is -2.94. The smallest absolute Gasteiger partial charge is 0.254 e. The fourth-order valence-corrected chi connectivity index (χ4v) is 3.14. The number of fused-ring (bicyclic) bond motifs is 1. The van der Waals surface area contributed by atoms with Gasteiger partial charge in [-0.1, -0.05) is 42.0 Å². The normalized spacial score (nSPS) is 13.2. The molecule has 0 fully saturated rings. The number of carbonyl (C=O) groups is 1. The lowest BCUT2D eigenvalue weighted by molar-refractivity contribution is 0.0766. The van der Waals surface area contributed by atoms with E-state index in [4.69, 9.17) is 0 Å². The molecule has 2 aromatic carbocycles. The van der Waals surface area contributed by atoms with E-state index in [9.17, 15) is 4.79 Å². The number of carbonyl (C=O) groups excluding carboxylic acids is 1. The number of aryl methyl sites for hydroxylation is 1. The summed E-state index contributed by atoms with van der Waals surface area (Å²) in [5, 5.41) is 0. The third kappa shape index (κ3) is 2.69. The second-order valence-corrected chi connectivity index (χ2v) is 6.26. The van der Waals surface area contributed by atoms with Crippen molar-refractivity contribution in [3.8, 4) is 11.1 Å². The summed E-state index contributed by atoms with van der Waals surface area (Å²) in [6.07, 6.45) is 3.62. The first-order valence-electron chi connectivity index (χ1n) is 8.09. The van der Waals surface area contributed by atoms with Gasteiger partial charge in [0.15, 0.2) is 0 Å². The fraction of sp³-hybridized carbons (Fsp3) is 0.143. The Bertz CT molecular complexity index is 885. The van der Waals surface area contributed by atoms with Crippen LogP contribution in [0.4, 0.5) is 0 Å². The van der Waals surface area contributed by atoms with Crippen LogP contribution < -0.4 is 0 Å². The van der Waals surface area contributed by atoms with Gasteiger partial charge in [0, 0.05) is 31.0 Å². The molecule has 0 saturated carbocycles. The van der Waals surface area contributed by atoms with E-state index in [1.165, 1.54) is 5.56 Å². The zero-order valence-corrected chi connectivity index (χ0v) is 13.6. The zero-order valence-electron chi connectivity index (χ0n) is 13.6. The summed E-state index contributed by atoms with van der Waals surface area (Å²) >= 11 is 0. The van der Waals surface area contributed by atoms with Crippen LogP contribution in [0.1, 0.15) is 27.0 Å². The molecule has 0 aliphatic carbocycles. The van der Waals surface area contributed by atoms with Crippen molar-refractivity contribution in [1.29, 1.82) is 0 Å². The van der Waals surface area contributed by atoms with Crippen molar-refractivity contribution in [3.63, 3.8) is 0 Å². The number of aromatic nitrogens is 1. The molecule has 3 aromatic rings. The molecule has 0 saturated heterocycles. The minimum atomic E-state index is 0.114. The van der Waals surface area contributed by atoms with Crippen LogP contribution in [0, 0.1) is 6.92 Å². The number of hydrogen-bond acceptors (Lipinski definition) is 2. The van der Waals surface area contributed by atoms with E-state index in [0.717, 1.165) is 27.8 Å². The molecule has 1 aliphatic rings. The summed E-state index contributed by atoms with van der Waals surface area (Å²) in [7, 11) is 0. The van der Waals surface area contributed by atoms with Crippen molar-refractivity contribution in [2.75, 3.05) is 0 Å². The molecule has 1 amide bonds. The highest BCUT2D eigenvalue weighted by Gasteiger charge is 2.27. The molecule has 4 rings (SSSR count). The molecule has 0 unspecified atom stereocenters. The SMILES string of the molecule is Cc1ccc(CN2Cc3cc(-c4cccnc4)ccc3C2=O)cc1. The zero-order chi connectivity index (χ0) is 16.5. The summed E-state index contributed by atoms with van der Waals surface area (Å²) in [6, 6.07) is 18.4. The molecule has 0 atom stereocenters. The van der Waals surface area contributed by atoms with Gasteiger partial charge in [0.2, 0.25) is 0 Å². The van der Waals surface area contributed by atoms with Gasteiger partial charge in [-0.2, -0.15) is 0 Å². The monoisotopic (exact) mass is 314 g/mol. The molecule has 2 heterocycles. The van der Waals surface area contributed by atoms with Crippen molar-refractivity contribution in [3.05, 3.63) is 89.2 Å². The van der Waals surface area contributed by atoms with Crippen LogP contribution in [-0.2, 0) is 13.1 Å².